The first kappa shape index (κ1) is 15.8. The van der Waals surface area contributed by atoms with Crippen LogP contribution in [0, 0.1) is 5.82 Å². The predicted octanol–water partition coefficient (Wildman–Crippen LogP) is 0.760. The first-order valence-corrected chi connectivity index (χ1v) is 6.22. The van der Waals surface area contributed by atoms with Crippen molar-refractivity contribution < 1.29 is 17.6 Å². The summed E-state index contributed by atoms with van der Waals surface area (Å²) in [5, 5.41) is 0. The molecule has 0 saturated heterocycles. The summed E-state index contributed by atoms with van der Waals surface area (Å²) in [6, 6.07) is 3.22. The molecular weight excluding hydrogens is 271 g/mol. The summed E-state index contributed by atoms with van der Waals surface area (Å²) in [7, 11) is -3.50. The first-order chi connectivity index (χ1) is 7.31. The molecule has 0 atom stereocenters. The van der Waals surface area contributed by atoms with Gasteiger partial charge in [-0.15, -0.1) is 12.4 Å². The third kappa shape index (κ3) is 5.12. The summed E-state index contributed by atoms with van der Waals surface area (Å²) < 4.78 is 37.0. The number of carbonyl (C=O) groups excluding carboxylic acids is 1. The van der Waals surface area contributed by atoms with Crippen LogP contribution >= 0.6 is 12.4 Å². The van der Waals surface area contributed by atoms with Crippen LogP contribution in [0.1, 0.15) is 10.4 Å². The maximum Gasteiger partial charge on any atom is 0.229 e. The van der Waals surface area contributed by atoms with Crippen LogP contribution in [0.25, 0.3) is 0 Å². The Morgan fingerprint density at radius 2 is 2.00 bits per heavy atom. The van der Waals surface area contributed by atoms with Crippen molar-refractivity contribution in [3.8, 4) is 0 Å². The van der Waals surface area contributed by atoms with E-state index in [2.05, 4.69) is 4.72 Å². The highest BCUT2D eigenvalue weighted by Gasteiger charge is 2.09. The number of ketones is 1. The second-order valence-corrected chi connectivity index (χ2v) is 4.98. The maximum absolute atomic E-state index is 13.1. The Morgan fingerprint density at radius 3 is 2.47 bits per heavy atom. The van der Waals surface area contributed by atoms with Crippen LogP contribution in [-0.2, 0) is 10.0 Å². The molecule has 0 bridgehead atoms. The number of carbonyl (C=O) groups is 1. The average Bonchev–Trinajstić information content (AvgIpc) is 2.12. The Morgan fingerprint density at radius 1 is 1.41 bits per heavy atom. The number of rotatable bonds is 4. The van der Waals surface area contributed by atoms with Crippen molar-refractivity contribution in [2.24, 2.45) is 5.73 Å². The molecule has 0 heterocycles. The molecule has 0 aromatic heterocycles. The SMILES string of the molecule is CS(=O)(=O)Nc1cc(F)cc(C(=O)CN)c1.Cl. The molecule has 0 aliphatic rings. The van der Waals surface area contributed by atoms with Crippen molar-refractivity contribution in [3.63, 3.8) is 0 Å². The second kappa shape index (κ2) is 5.95. The molecule has 1 aromatic carbocycles. The molecule has 1 rings (SSSR count). The van der Waals surface area contributed by atoms with Gasteiger partial charge in [0.25, 0.3) is 0 Å². The monoisotopic (exact) mass is 282 g/mol. The van der Waals surface area contributed by atoms with Crippen molar-refractivity contribution >= 4 is 33.9 Å². The summed E-state index contributed by atoms with van der Waals surface area (Å²) in [5.74, 6) is -1.17. The van der Waals surface area contributed by atoms with Crippen molar-refractivity contribution in [3.05, 3.63) is 29.6 Å². The Hall–Kier alpha value is -1.18. The van der Waals surface area contributed by atoms with Crippen LogP contribution in [0.4, 0.5) is 10.1 Å². The molecule has 5 nitrogen and oxygen atoms in total. The number of hydrogen-bond acceptors (Lipinski definition) is 4. The Bertz CT molecular complexity index is 519. The molecule has 96 valence electrons. The third-order valence-electron chi connectivity index (χ3n) is 1.71. The highest BCUT2D eigenvalue weighted by molar-refractivity contribution is 7.92. The van der Waals surface area contributed by atoms with Crippen LogP contribution in [0.3, 0.4) is 0 Å². The molecule has 0 spiro atoms. The van der Waals surface area contributed by atoms with E-state index in [0.29, 0.717) is 0 Å². The zero-order valence-electron chi connectivity index (χ0n) is 8.94. The minimum absolute atomic E-state index is 0. The molecular formula is C9H12ClFN2O3S. The summed E-state index contributed by atoms with van der Waals surface area (Å²) in [4.78, 5) is 11.2. The minimum atomic E-state index is -3.50. The van der Waals surface area contributed by atoms with Gasteiger partial charge in [-0.2, -0.15) is 0 Å². The normalized spacial score (nSPS) is 10.5. The van der Waals surface area contributed by atoms with Crippen LogP contribution in [-0.4, -0.2) is 27.0 Å². The quantitative estimate of drug-likeness (QED) is 0.798. The van der Waals surface area contributed by atoms with E-state index in [1.807, 2.05) is 0 Å². The van der Waals surface area contributed by atoms with E-state index >= 15 is 0 Å². The molecule has 0 aliphatic heterocycles. The number of nitrogens with one attached hydrogen (secondary N) is 1. The van der Waals surface area contributed by atoms with E-state index in [4.69, 9.17) is 5.73 Å². The van der Waals surface area contributed by atoms with Crippen LogP contribution in [0.2, 0.25) is 0 Å². The topological polar surface area (TPSA) is 89.3 Å². The minimum Gasteiger partial charge on any atom is -0.324 e. The lowest BCUT2D eigenvalue weighted by atomic mass is 10.1. The predicted molar refractivity (Wildman–Crippen MR) is 65.5 cm³/mol. The Balaban J connectivity index is 0.00000256. The van der Waals surface area contributed by atoms with Crippen molar-refractivity contribution in [1.29, 1.82) is 0 Å². The zero-order valence-corrected chi connectivity index (χ0v) is 10.6. The molecule has 8 heteroatoms. The zero-order chi connectivity index (χ0) is 12.3. The molecule has 0 fully saturated rings. The van der Waals surface area contributed by atoms with Crippen molar-refractivity contribution in [2.75, 3.05) is 17.5 Å². The fraction of sp³-hybridized carbons (Fsp3) is 0.222. The molecule has 17 heavy (non-hydrogen) atoms. The molecule has 0 saturated carbocycles. The summed E-state index contributed by atoms with van der Waals surface area (Å²) >= 11 is 0. The molecule has 3 N–H and O–H groups in total. The van der Waals surface area contributed by atoms with Gasteiger partial charge in [0.2, 0.25) is 10.0 Å². The number of hydrogen-bond donors (Lipinski definition) is 2. The smallest absolute Gasteiger partial charge is 0.229 e. The fourth-order valence-corrected chi connectivity index (χ4v) is 1.69. The van der Waals surface area contributed by atoms with E-state index in [1.165, 1.54) is 6.07 Å². The van der Waals surface area contributed by atoms with E-state index in [-0.39, 0.29) is 30.2 Å². The van der Waals surface area contributed by atoms with Gasteiger partial charge in [0, 0.05) is 5.56 Å². The van der Waals surface area contributed by atoms with Gasteiger partial charge >= 0.3 is 0 Å². The van der Waals surface area contributed by atoms with Crippen molar-refractivity contribution in [1.82, 2.24) is 0 Å². The Labute approximate surface area is 105 Å². The number of Topliss-reactive ketones (excluding diaryl/α,β-unsaturated/α-hetero) is 1. The molecule has 0 radical (unpaired) electrons. The van der Waals surface area contributed by atoms with Crippen LogP contribution in [0.15, 0.2) is 18.2 Å². The maximum atomic E-state index is 13.1. The van der Waals surface area contributed by atoms with E-state index in [0.717, 1.165) is 18.4 Å². The summed E-state index contributed by atoms with van der Waals surface area (Å²) in [5.41, 5.74) is 5.16. The number of benzene rings is 1. The van der Waals surface area contributed by atoms with Crippen molar-refractivity contribution in [2.45, 2.75) is 0 Å². The molecule has 0 unspecified atom stereocenters. The van der Waals surface area contributed by atoms with Gasteiger partial charge in [0.05, 0.1) is 18.5 Å². The fourth-order valence-electron chi connectivity index (χ4n) is 1.14. The number of nitrogens with two attached hydrogens (primary N) is 1. The van der Waals surface area contributed by atoms with Gasteiger partial charge < -0.3 is 5.73 Å². The second-order valence-electron chi connectivity index (χ2n) is 3.23. The van der Waals surface area contributed by atoms with Gasteiger partial charge in [-0.25, -0.2) is 12.8 Å². The van der Waals surface area contributed by atoms with Gasteiger partial charge in [-0.3, -0.25) is 9.52 Å². The highest BCUT2D eigenvalue weighted by Crippen LogP contribution is 2.15. The van der Waals surface area contributed by atoms with Crippen LogP contribution < -0.4 is 10.5 Å². The standard InChI is InChI=1S/C9H11FN2O3S.ClH/c1-16(14,15)12-8-3-6(9(13)5-11)2-7(10)4-8;/h2-4,12H,5,11H2,1H3;1H. The van der Waals surface area contributed by atoms with Gasteiger partial charge in [-0.05, 0) is 18.2 Å². The number of anilines is 1. The Kier molecular flexibility index (Phi) is 5.53. The van der Waals surface area contributed by atoms with Gasteiger partial charge in [-0.1, -0.05) is 0 Å². The lowest BCUT2D eigenvalue weighted by molar-refractivity contribution is 0.100. The molecule has 0 aliphatic carbocycles. The van der Waals surface area contributed by atoms with Gasteiger partial charge in [0.15, 0.2) is 5.78 Å². The summed E-state index contributed by atoms with van der Waals surface area (Å²) in [6.45, 7) is -0.262. The number of halogens is 2. The average molecular weight is 283 g/mol. The third-order valence-corrected chi connectivity index (χ3v) is 2.31. The number of sulfonamides is 1. The molecule has 1 aromatic rings. The molecule has 0 amide bonds. The highest BCUT2D eigenvalue weighted by atomic mass is 35.5. The lowest BCUT2D eigenvalue weighted by Crippen LogP contribution is -2.15. The lowest BCUT2D eigenvalue weighted by Gasteiger charge is -2.06. The van der Waals surface area contributed by atoms with Crippen LogP contribution in [0.5, 0.6) is 0 Å². The summed E-state index contributed by atoms with van der Waals surface area (Å²) in [6.07, 6.45) is 0.933. The largest absolute Gasteiger partial charge is 0.324 e. The van der Waals surface area contributed by atoms with E-state index < -0.39 is 21.6 Å². The van der Waals surface area contributed by atoms with E-state index in [1.54, 1.807) is 0 Å². The first-order valence-electron chi connectivity index (χ1n) is 4.33. The van der Waals surface area contributed by atoms with E-state index in [9.17, 15) is 17.6 Å². The van der Waals surface area contributed by atoms with Gasteiger partial charge in [0.1, 0.15) is 5.82 Å².